The molecule has 3 aliphatic rings. The van der Waals surface area contributed by atoms with Crippen LogP contribution in [0.4, 0.5) is 4.79 Å². The first kappa shape index (κ1) is 50.3. The van der Waals surface area contributed by atoms with E-state index in [1.807, 2.05) is 72.7 Å². The molecule has 1 fully saturated rings. The lowest BCUT2D eigenvalue weighted by molar-refractivity contribution is -0.223. The topological polar surface area (TPSA) is 132 Å². The Kier molecular flexibility index (Phi) is 21.2. The number of fused-ring (bicyclic) bond motifs is 2. The second kappa shape index (κ2) is 27.5. The number of pyridine rings is 1. The summed E-state index contributed by atoms with van der Waals surface area (Å²) >= 11 is 1.84. The zero-order valence-electron chi connectivity index (χ0n) is 38.9. The van der Waals surface area contributed by atoms with Crippen LogP contribution in [0, 0.1) is 17.8 Å². The number of nitrogens with zero attached hydrogens (tertiary/aromatic N) is 2. The van der Waals surface area contributed by atoms with Crippen LogP contribution < -0.4 is 14.8 Å². The van der Waals surface area contributed by atoms with E-state index in [0.717, 1.165) is 78.9 Å². The molecule has 2 aliphatic carbocycles. The van der Waals surface area contributed by atoms with Crippen LogP contribution in [0.2, 0.25) is 0 Å². The molecular weight excluding hydrogens is 835 g/mol. The minimum absolute atomic E-state index is 0.109. The van der Waals surface area contributed by atoms with Gasteiger partial charge >= 0.3 is 6.09 Å². The minimum atomic E-state index is -1.08. The van der Waals surface area contributed by atoms with Crippen molar-refractivity contribution >= 4 is 23.6 Å². The van der Waals surface area contributed by atoms with Crippen LogP contribution in [-0.4, -0.2) is 70.2 Å². The fraction of sp³-hybridized carbons (Fsp3) is 0.574. The van der Waals surface area contributed by atoms with Crippen molar-refractivity contribution < 1.29 is 34.1 Å². The van der Waals surface area contributed by atoms with Gasteiger partial charge in [-0.15, -0.1) is 6.58 Å². The van der Waals surface area contributed by atoms with E-state index in [9.17, 15) is 15.0 Å². The summed E-state index contributed by atoms with van der Waals surface area (Å²) in [6, 6.07) is 20.0. The number of allylic oxidation sites excluding steroid dienone is 1. The largest absolute Gasteiger partial charge is 0.460 e. The molecule has 10 nitrogen and oxygen atoms in total. The lowest BCUT2D eigenvalue weighted by atomic mass is 9.56. The number of carbonyl (C=O) groups is 1. The molecule has 354 valence electrons. The van der Waals surface area contributed by atoms with Crippen LogP contribution >= 0.6 is 11.8 Å². The molecule has 3 aromatic rings. The molecule has 6 atom stereocenters. The van der Waals surface area contributed by atoms with Crippen LogP contribution in [0.15, 0.2) is 103 Å². The van der Waals surface area contributed by atoms with Gasteiger partial charge in [-0.05, 0) is 103 Å². The average molecular weight is 910 g/mol. The van der Waals surface area contributed by atoms with Crippen molar-refractivity contribution in [3.8, 4) is 11.5 Å². The Morgan fingerprint density at radius 2 is 1.63 bits per heavy atom. The number of aryl methyl sites for hydroxylation is 1. The molecule has 2 heterocycles. The molecule has 6 rings (SSSR count). The third kappa shape index (κ3) is 14.4. The standard InChI is InChI=1S/C54H75N3O7S/c1-3-5-6-7-8-9-10-11-12-18-30-56-53(60)63-44-25-26-49-47(38-44)51-45(24-17-20-34-59)43(23-16-19-33-58)37-46-48(57-62-40-42-21-14-13-15-22-42)39-50(54(64-49,52(46)51)61-35-4-2)65-36-29-41-27-31-55-32-28-41/h4,13-15,21-22,25-28,31-32,37-38,43,45,50-52,58-59H,2-3,5-12,16-20,23-24,29-30,33-36,39-40H2,1H3,(H,56,60). The highest BCUT2D eigenvalue weighted by Crippen LogP contribution is 2.62. The highest BCUT2D eigenvalue weighted by atomic mass is 32.2. The predicted octanol–water partition coefficient (Wildman–Crippen LogP) is 11.9. The van der Waals surface area contributed by atoms with E-state index in [4.69, 9.17) is 24.2 Å². The number of rotatable bonds is 30. The first-order valence-electron chi connectivity index (χ1n) is 24.7. The van der Waals surface area contributed by atoms with Gasteiger partial charge in [0.25, 0.3) is 0 Å². The average Bonchev–Trinajstić information content (AvgIpc) is 3.32. The third-order valence-electron chi connectivity index (χ3n) is 13.3. The van der Waals surface area contributed by atoms with Gasteiger partial charge in [0.2, 0.25) is 5.79 Å². The first-order chi connectivity index (χ1) is 32.0. The Hall–Kier alpha value is -4.16. The number of ether oxygens (including phenoxy) is 3. The van der Waals surface area contributed by atoms with Gasteiger partial charge in [0.1, 0.15) is 18.1 Å². The van der Waals surface area contributed by atoms with Gasteiger partial charge in [0, 0.05) is 50.1 Å². The van der Waals surface area contributed by atoms with Crippen molar-refractivity contribution in [3.05, 3.63) is 114 Å². The number of nitrogens with one attached hydrogen (secondary N) is 1. The molecule has 3 N–H and O–H groups in total. The molecule has 11 heteroatoms. The Bertz CT molecular complexity index is 1930. The van der Waals surface area contributed by atoms with E-state index in [2.05, 4.69) is 42.0 Å². The lowest BCUT2D eigenvalue weighted by Gasteiger charge is -2.58. The van der Waals surface area contributed by atoms with Gasteiger partial charge in [-0.1, -0.05) is 125 Å². The van der Waals surface area contributed by atoms with Crippen molar-refractivity contribution in [2.24, 2.45) is 22.9 Å². The molecule has 1 saturated carbocycles. The number of aromatic nitrogens is 1. The molecule has 1 aromatic heterocycles. The monoisotopic (exact) mass is 910 g/mol. The van der Waals surface area contributed by atoms with Gasteiger partial charge < -0.3 is 34.6 Å². The van der Waals surface area contributed by atoms with E-state index in [1.165, 1.54) is 56.9 Å². The molecule has 0 spiro atoms. The first-order valence-corrected chi connectivity index (χ1v) is 25.8. The summed E-state index contributed by atoms with van der Waals surface area (Å²) in [6.07, 6.45) is 26.0. The van der Waals surface area contributed by atoms with Crippen molar-refractivity contribution in [1.82, 2.24) is 10.3 Å². The number of hydrogen-bond acceptors (Lipinski definition) is 10. The van der Waals surface area contributed by atoms with E-state index >= 15 is 0 Å². The molecule has 65 heavy (non-hydrogen) atoms. The highest BCUT2D eigenvalue weighted by Gasteiger charge is 2.64. The van der Waals surface area contributed by atoms with E-state index in [1.54, 1.807) is 6.08 Å². The fourth-order valence-corrected chi connectivity index (χ4v) is 11.5. The van der Waals surface area contributed by atoms with Gasteiger partial charge in [-0.25, -0.2) is 4.79 Å². The van der Waals surface area contributed by atoms with E-state index in [0.29, 0.717) is 44.8 Å². The van der Waals surface area contributed by atoms with Crippen molar-refractivity contribution in [1.29, 1.82) is 0 Å². The van der Waals surface area contributed by atoms with E-state index in [-0.39, 0.29) is 42.1 Å². The second-order valence-electron chi connectivity index (χ2n) is 18.0. The van der Waals surface area contributed by atoms with Crippen LogP contribution in [0.25, 0.3) is 0 Å². The number of hydrogen-bond donors (Lipinski definition) is 3. The van der Waals surface area contributed by atoms with Gasteiger partial charge in [0.05, 0.1) is 23.5 Å². The quantitative estimate of drug-likeness (QED) is 0.0340. The molecule has 0 bridgehead atoms. The van der Waals surface area contributed by atoms with Crippen LogP contribution in [0.3, 0.4) is 0 Å². The number of carbonyl (C=O) groups excluding carboxylic acids is 1. The smallest absolute Gasteiger partial charge is 0.412 e. The summed E-state index contributed by atoms with van der Waals surface area (Å²) in [5, 5.41) is 27.7. The molecule has 1 amide bonds. The Morgan fingerprint density at radius 3 is 2.35 bits per heavy atom. The van der Waals surface area contributed by atoms with Crippen LogP contribution in [0.5, 0.6) is 11.5 Å². The maximum atomic E-state index is 13.3. The molecule has 6 unspecified atom stereocenters. The molecular formula is C54H75N3O7S. The summed E-state index contributed by atoms with van der Waals surface area (Å²) in [6.45, 7) is 7.79. The maximum Gasteiger partial charge on any atom is 0.412 e. The lowest BCUT2D eigenvalue weighted by Crippen LogP contribution is -2.64. The van der Waals surface area contributed by atoms with Crippen LogP contribution in [0.1, 0.15) is 139 Å². The maximum absolute atomic E-state index is 13.3. The normalized spacial score (nSPS) is 22.6. The van der Waals surface area contributed by atoms with Crippen molar-refractivity contribution in [3.63, 3.8) is 0 Å². The van der Waals surface area contributed by atoms with Gasteiger partial charge in [-0.2, -0.15) is 11.8 Å². The Morgan fingerprint density at radius 1 is 0.908 bits per heavy atom. The van der Waals surface area contributed by atoms with Crippen molar-refractivity contribution in [2.75, 3.05) is 32.1 Å². The molecule has 0 radical (unpaired) electrons. The number of oxime groups is 1. The Labute approximate surface area is 393 Å². The summed E-state index contributed by atoms with van der Waals surface area (Å²) in [5.41, 5.74) is 5.19. The second-order valence-corrected chi connectivity index (χ2v) is 19.3. The molecule has 1 aliphatic heterocycles. The summed E-state index contributed by atoms with van der Waals surface area (Å²) in [5.74, 6) is 0.810. The minimum Gasteiger partial charge on any atom is -0.460 e. The van der Waals surface area contributed by atoms with Crippen molar-refractivity contribution in [2.45, 2.75) is 146 Å². The van der Waals surface area contributed by atoms with Gasteiger partial charge in [-0.3, -0.25) is 4.98 Å². The molecule has 2 aromatic carbocycles. The number of benzene rings is 2. The van der Waals surface area contributed by atoms with E-state index < -0.39 is 11.9 Å². The zero-order chi connectivity index (χ0) is 45.5. The number of aliphatic hydroxyl groups is 2. The Balaban J connectivity index is 1.32. The fourth-order valence-electron chi connectivity index (χ4n) is 10.1. The number of thioether (sulfide) groups is 1. The number of unbranched alkanes of at least 4 members (excludes halogenated alkanes) is 11. The SMILES string of the molecule is C=CCOC12Oc3ccc(OC(=O)NCCCCCCCCCCCC)cc3C3C(CCCCO)C(CCCCO)C=C(C(=NOCc4ccccc4)CC1SCCc1ccncc1)C32. The zero-order valence-corrected chi connectivity index (χ0v) is 39.7. The summed E-state index contributed by atoms with van der Waals surface area (Å²) in [4.78, 5) is 23.8. The van der Waals surface area contributed by atoms with Crippen LogP contribution in [-0.2, 0) is 22.6 Å². The third-order valence-corrected chi connectivity index (χ3v) is 14.7. The number of aliphatic hydroxyl groups excluding tert-OH is 2. The molecule has 0 saturated heterocycles. The summed E-state index contributed by atoms with van der Waals surface area (Å²) in [7, 11) is 0. The highest BCUT2D eigenvalue weighted by molar-refractivity contribution is 8.00. The van der Waals surface area contributed by atoms with Gasteiger partial charge in [0.15, 0.2) is 0 Å². The summed E-state index contributed by atoms with van der Waals surface area (Å²) < 4.78 is 20.5. The predicted molar refractivity (Wildman–Crippen MR) is 262 cm³/mol. The number of amides is 1.